The SMILES string of the molecule is COC(=O)[C@@H](N)Cn1cc(Cl)c(=O)[nH]c1=O. The molecule has 0 aliphatic rings. The fourth-order valence-corrected chi connectivity index (χ4v) is 1.22. The van der Waals surface area contributed by atoms with E-state index < -0.39 is 23.3 Å². The molecule has 0 aliphatic heterocycles. The van der Waals surface area contributed by atoms with Gasteiger partial charge >= 0.3 is 11.7 Å². The molecule has 1 rings (SSSR count). The summed E-state index contributed by atoms with van der Waals surface area (Å²) in [5.74, 6) is -0.658. The van der Waals surface area contributed by atoms with E-state index in [1.54, 1.807) is 0 Å². The van der Waals surface area contributed by atoms with Gasteiger partial charge in [-0.15, -0.1) is 0 Å². The maximum atomic E-state index is 11.3. The minimum atomic E-state index is -0.996. The van der Waals surface area contributed by atoms with E-state index in [2.05, 4.69) is 4.74 Å². The van der Waals surface area contributed by atoms with Crippen LogP contribution in [-0.4, -0.2) is 28.7 Å². The Morgan fingerprint density at radius 1 is 1.69 bits per heavy atom. The number of methoxy groups -OCH3 is 1. The summed E-state index contributed by atoms with van der Waals surface area (Å²) in [5, 5.41) is -0.156. The molecule has 0 saturated heterocycles. The number of rotatable bonds is 3. The number of hydrogen-bond acceptors (Lipinski definition) is 5. The summed E-state index contributed by atoms with van der Waals surface area (Å²) in [7, 11) is 1.19. The summed E-state index contributed by atoms with van der Waals surface area (Å²) >= 11 is 5.52. The first-order valence-electron chi connectivity index (χ1n) is 4.28. The summed E-state index contributed by atoms with van der Waals surface area (Å²) < 4.78 is 5.43. The van der Waals surface area contributed by atoms with Gasteiger partial charge in [0.2, 0.25) is 0 Å². The number of ether oxygens (including phenoxy) is 1. The third-order valence-corrected chi connectivity index (χ3v) is 2.13. The van der Waals surface area contributed by atoms with Crippen LogP contribution in [0.15, 0.2) is 15.8 Å². The van der Waals surface area contributed by atoms with E-state index in [-0.39, 0.29) is 11.6 Å². The molecule has 1 aromatic rings. The molecule has 0 amide bonds. The number of H-pyrrole nitrogens is 1. The quantitative estimate of drug-likeness (QED) is 0.645. The predicted molar refractivity (Wildman–Crippen MR) is 56.3 cm³/mol. The van der Waals surface area contributed by atoms with E-state index in [1.165, 1.54) is 7.11 Å². The molecule has 0 unspecified atom stereocenters. The molecule has 16 heavy (non-hydrogen) atoms. The zero-order chi connectivity index (χ0) is 12.3. The van der Waals surface area contributed by atoms with Crippen LogP contribution in [0.3, 0.4) is 0 Å². The first-order chi connectivity index (χ1) is 7.45. The molecule has 1 aromatic heterocycles. The van der Waals surface area contributed by atoms with Crippen molar-refractivity contribution in [1.82, 2.24) is 9.55 Å². The van der Waals surface area contributed by atoms with Gasteiger partial charge in [-0.3, -0.25) is 19.1 Å². The van der Waals surface area contributed by atoms with E-state index in [1.807, 2.05) is 4.98 Å². The molecular formula is C8H10ClN3O4. The number of nitrogens with one attached hydrogen (secondary N) is 1. The van der Waals surface area contributed by atoms with Crippen molar-refractivity contribution < 1.29 is 9.53 Å². The second-order valence-corrected chi connectivity index (χ2v) is 3.43. The molecule has 0 aliphatic carbocycles. The molecule has 0 bridgehead atoms. The molecule has 3 N–H and O–H groups in total. The van der Waals surface area contributed by atoms with Crippen molar-refractivity contribution in [2.75, 3.05) is 7.11 Å². The average molecular weight is 248 g/mol. The van der Waals surface area contributed by atoms with Crippen molar-refractivity contribution in [3.05, 3.63) is 32.1 Å². The fraction of sp³-hybridized carbons (Fsp3) is 0.375. The topological polar surface area (TPSA) is 107 Å². The lowest BCUT2D eigenvalue weighted by molar-refractivity contribution is -0.142. The lowest BCUT2D eigenvalue weighted by Gasteiger charge is -2.10. The van der Waals surface area contributed by atoms with Crippen LogP contribution in [0.25, 0.3) is 0 Å². The number of nitrogens with two attached hydrogens (primary N) is 1. The highest BCUT2D eigenvalue weighted by Crippen LogP contribution is 1.97. The van der Waals surface area contributed by atoms with Crippen LogP contribution in [0.1, 0.15) is 0 Å². The van der Waals surface area contributed by atoms with Crippen molar-refractivity contribution in [2.45, 2.75) is 12.6 Å². The van der Waals surface area contributed by atoms with Gasteiger partial charge in [-0.1, -0.05) is 11.6 Å². The Kier molecular flexibility index (Phi) is 3.86. The van der Waals surface area contributed by atoms with E-state index in [0.717, 1.165) is 10.8 Å². The summed E-state index contributed by atoms with van der Waals surface area (Å²) in [4.78, 5) is 35.2. The largest absolute Gasteiger partial charge is 0.468 e. The third-order valence-electron chi connectivity index (χ3n) is 1.86. The van der Waals surface area contributed by atoms with Gasteiger partial charge in [-0.2, -0.15) is 0 Å². The minimum Gasteiger partial charge on any atom is -0.468 e. The number of aromatic nitrogens is 2. The van der Waals surface area contributed by atoms with Crippen molar-refractivity contribution in [1.29, 1.82) is 0 Å². The highest BCUT2D eigenvalue weighted by atomic mass is 35.5. The zero-order valence-corrected chi connectivity index (χ0v) is 9.15. The summed E-state index contributed by atoms with van der Waals surface area (Å²) in [6.45, 7) is -0.123. The highest BCUT2D eigenvalue weighted by molar-refractivity contribution is 6.30. The molecule has 7 nitrogen and oxygen atoms in total. The van der Waals surface area contributed by atoms with E-state index in [0.29, 0.717) is 0 Å². The Balaban J connectivity index is 2.98. The van der Waals surface area contributed by atoms with Crippen LogP contribution in [0.5, 0.6) is 0 Å². The molecule has 1 atom stereocenters. The van der Waals surface area contributed by atoms with E-state index in [9.17, 15) is 14.4 Å². The second kappa shape index (κ2) is 4.95. The monoisotopic (exact) mass is 247 g/mol. The van der Waals surface area contributed by atoms with Crippen molar-refractivity contribution in [3.63, 3.8) is 0 Å². The van der Waals surface area contributed by atoms with Gasteiger partial charge in [0, 0.05) is 6.20 Å². The second-order valence-electron chi connectivity index (χ2n) is 3.02. The van der Waals surface area contributed by atoms with E-state index in [4.69, 9.17) is 17.3 Å². The normalized spacial score (nSPS) is 12.2. The molecular weight excluding hydrogens is 238 g/mol. The lowest BCUT2D eigenvalue weighted by atomic mass is 10.3. The minimum absolute atomic E-state index is 0.123. The van der Waals surface area contributed by atoms with Crippen LogP contribution < -0.4 is 17.0 Å². The van der Waals surface area contributed by atoms with Gasteiger partial charge in [0.15, 0.2) is 0 Å². The third kappa shape index (κ3) is 2.71. The Hall–Kier alpha value is -1.60. The number of aromatic amines is 1. The van der Waals surface area contributed by atoms with Crippen molar-refractivity contribution >= 4 is 17.6 Å². The Labute approximate surface area is 94.8 Å². The van der Waals surface area contributed by atoms with Gasteiger partial charge in [-0.25, -0.2) is 4.79 Å². The maximum absolute atomic E-state index is 11.3. The van der Waals surface area contributed by atoms with Gasteiger partial charge in [0.25, 0.3) is 5.56 Å². The number of carbonyl (C=O) groups excluding carboxylic acids is 1. The molecule has 0 aromatic carbocycles. The first-order valence-corrected chi connectivity index (χ1v) is 4.66. The zero-order valence-electron chi connectivity index (χ0n) is 8.40. The predicted octanol–water partition coefficient (Wildman–Crippen LogP) is -1.31. The van der Waals surface area contributed by atoms with Crippen LogP contribution in [0.2, 0.25) is 5.02 Å². The van der Waals surface area contributed by atoms with Gasteiger partial charge in [-0.05, 0) is 0 Å². The van der Waals surface area contributed by atoms with E-state index >= 15 is 0 Å². The lowest BCUT2D eigenvalue weighted by Crippen LogP contribution is -2.40. The molecule has 0 saturated carbocycles. The van der Waals surface area contributed by atoms with Crippen LogP contribution in [0.4, 0.5) is 0 Å². The molecule has 1 heterocycles. The Bertz CT molecular complexity index is 507. The van der Waals surface area contributed by atoms with Crippen molar-refractivity contribution in [3.8, 4) is 0 Å². The van der Waals surface area contributed by atoms with Crippen LogP contribution in [-0.2, 0) is 16.1 Å². The standard InChI is InChI=1S/C8H10ClN3O4/c1-16-7(14)5(10)3-12-2-4(9)6(13)11-8(12)15/h2,5H,3,10H2,1H3,(H,11,13,15)/t5-/m0/s1. The number of nitrogens with zero attached hydrogens (tertiary/aromatic N) is 1. The number of hydrogen-bond donors (Lipinski definition) is 2. The fourth-order valence-electron chi connectivity index (χ4n) is 1.06. The molecule has 8 heteroatoms. The summed E-state index contributed by atoms with van der Waals surface area (Å²) in [6, 6.07) is -0.996. The first kappa shape index (κ1) is 12.5. The van der Waals surface area contributed by atoms with Gasteiger partial charge in [0.05, 0.1) is 13.7 Å². The smallest absolute Gasteiger partial charge is 0.328 e. The van der Waals surface area contributed by atoms with Crippen LogP contribution in [0, 0.1) is 0 Å². The highest BCUT2D eigenvalue weighted by Gasteiger charge is 2.15. The van der Waals surface area contributed by atoms with Crippen LogP contribution >= 0.6 is 11.6 Å². The summed E-state index contributed by atoms with van der Waals surface area (Å²) in [5.41, 5.74) is 4.08. The summed E-state index contributed by atoms with van der Waals surface area (Å²) in [6.07, 6.45) is 1.12. The number of esters is 1. The number of halogens is 1. The molecule has 0 fully saturated rings. The number of carbonyl (C=O) groups is 1. The van der Waals surface area contributed by atoms with Crippen molar-refractivity contribution in [2.24, 2.45) is 5.73 Å². The molecule has 0 radical (unpaired) electrons. The molecule has 0 spiro atoms. The average Bonchev–Trinajstić information content (AvgIpc) is 2.24. The van der Waals surface area contributed by atoms with Gasteiger partial charge < -0.3 is 10.5 Å². The maximum Gasteiger partial charge on any atom is 0.328 e. The Morgan fingerprint density at radius 3 is 2.88 bits per heavy atom. The van der Waals surface area contributed by atoms with Gasteiger partial charge in [0.1, 0.15) is 11.1 Å². The molecule has 88 valence electrons. The Morgan fingerprint density at radius 2 is 2.31 bits per heavy atom.